The number of aromatic hydroxyl groups is 1. The standard InChI is InChI=1S/C33H42N5O6P/c1-8-10-15-26-36-28-29(37(26)19-21-13-11-14-25(30(21)41)44-45(7,42)43)23-17-16-22(18-24(23)35-31(28)34)32(3,4)33(5,6)38(20-39)27(40)12-9-2/h9,11-14,16-18,20,41H,8,10,15,19H2,1-7H3,(H2,34,35)(H,42,43)/b12-9-. The number of allylic oxidation sites excluding steroid dienone is 1. The second-order valence-corrected chi connectivity index (χ2v) is 14.1. The first kappa shape index (κ1) is 33.7. The summed E-state index contributed by atoms with van der Waals surface area (Å²) in [5, 5.41) is 11.8. The van der Waals surface area contributed by atoms with Gasteiger partial charge in [0.2, 0.25) is 6.41 Å². The predicted octanol–water partition coefficient (Wildman–Crippen LogP) is 6.07. The first-order chi connectivity index (χ1) is 21.1. The second kappa shape index (κ2) is 12.7. The molecule has 0 aliphatic carbocycles. The number of fused-ring (bicyclic) bond motifs is 3. The number of imide groups is 1. The Bertz CT molecular complexity index is 1840. The number of unbranched alkanes of at least 4 members (excludes halogenated alkanes) is 1. The fourth-order valence-electron chi connectivity index (χ4n) is 5.50. The summed E-state index contributed by atoms with van der Waals surface area (Å²) in [4.78, 5) is 45.5. The Morgan fingerprint density at radius 2 is 1.89 bits per heavy atom. The van der Waals surface area contributed by atoms with Gasteiger partial charge in [0.05, 0.1) is 23.1 Å². The number of rotatable bonds is 12. The van der Waals surface area contributed by atoms with Crippen molar-refractivity contribution in [3.63, 3.8) is 0 Å². The molecule has 2 aromatic heterocycles. The number of imidazole rings is 1. The quantitative estimate of drug-likeness (QED) is 0.0953. The monoisotopic (exact) mass is 635 g/mol. The number of hydrogen-bond donors (Lipinski definition) is 3. The van der Waals surface area contributed by atoms with Gasteiger partial charge < -0.3 is 24.8 Å². The van der Waals surface area contributed by atoms with Crippen LogP contribution in [-0.2, 0) is 32.5 Å². The minimum absolute atomic E-state index is 0.0850. The van der Waals surface area contributed by atoms with E-state index in [9.17, 15) is 24.2 Å². The molecular weight excluding hydrogens is 593 g/mol. The van der Waals surface area contributed by atoms with Crippen LogP contribution in [0.2, 0.25) is 0 Å². The summed E-state index contributed by atoms with van der Waals surface area (Å²) in [5.41, 5.74) is 8.10. The number of phenols is 1. The van der Waals surface area contributed by atoms with Gasteiger partial charge >= 0.3 is 7.60 Å². The third-order valence-corrected chi connectivity index (χ3v) is 9.26. The molecule has 0 radical (unpaired) electrons. The van der Waals surface area contributed by atoms with E-state index in [1.807, 2.05) is 50.5 Å². The van der Waals surface area contributed by atoms with Gasteiger partial charge in [-0.2, -0.15) is 0 Å². The van der Waals surface area contributed by atoms with Gasteiger partial charge in [0.15, 0.2) is 17.3 Å². The first-order valence-corrected chi connectivity index (χ1v) is 16.9. The largest absolute Gasteiger partial charge is 0.504 e. The highest BCUT2D eigenvalue weighted by atomic mass is 31.2. The molecule has 0 saturated carbocycles. The molecule has 4 N–H and O–H groups in total. The fraction of sp³-hybridized carbons (Fsp3) is 0.394. The highest BCUT2D eigenvalue weighted by Crippen LogP contribution is 2.44. The lowest BCUT2D eigenvalue weighted by molar-refractivity contribution is -0.142. The van der Waals surface area contributed by atoms with Crippen LogP contribution in [0.1, 0.15) is 71.3 Å². The van der Waals surface area contributed by atoms with Gasteiger partial charge in [0, 0.05) is 29.5 Å². The number of aromatic nitrogens is 3. The molecule has 0 aliphatic rings. The number of nitrogens with zero attached hydrogens (tertiary/aromatic N) is 4. The van der Waals surface area contributed by atoms with Crippen molar-refractivity contribution < 1.29 is 28.7 Å². The lowest BCUT2D eigenvalue weighted by Gasteiger charge is -2.46. The number of anilines is 1. The second-order valence-electron chi connectivity index (χ2n) is 12.3. The molecule has 0 aliphatic heterocycles. The van der Waals surface area contributed by atoms with Crippen molar-refractivity contribution in [2.75, 3.05) is 12.4 Å². The molecule has 0 bridgehead atoms. The van der Waals surface area contributed by atoms with Crippen LogP contribution < -0.4 is 10.3 Å². The molecule has 12 heteroatoms. The van der Waals surface area contributed by atoms with Crippen LogP contribution in [0, 0.1) is 0 Å². The van der Waals surface area contributed by atoms with Crippen molar-refractivity contribution in [2.24, 2.45) is 0 Å². The van der Waals surface area contributed by atoms with E-state index < -0.39 is 24.5 Å². The van der Waals surface area contributed by atoms with Crippen LogP contribution in [0.4, 0.5) is 5.82 Å². The maximum absolute atomic E-state index is 12.8. The van der Waals surface area contributed by atoms with Crippen molar-refractivity contribution in [3.05, 3.63) is 65.5 Å². The molecule has 11 nitrogen and oxygen atoms in total. The average molecular weight is 636 g/mol. The summed E-state index contributed by atoms with van der Waals surface area (Å²) < 4.78 is 19.1. The van der Waals surface area contributed by atoms with Crippen molar-refractivity contribution in [1.82, 2.24) is 19.4 Å². The number of para-hydroxylation sites is 1. The van der Waals surface area contributed by atoms with Gasteiger partial charge in [-0.1, -0.05) is 57.5 Å². The Labute approximate surface area is 263 Å². The third kappa shape index (κ3) is 6.46. The number of carbonyl (C=O) groups excluding carboxylic acids is 2. The highest BCUT2D eigenvalue weighted by molar-refractivity contribution is 7.52. The minimum atomic E-state index is -3.90. The number of phenolic OH excluding ortho intramolecular Hbond substituents is 1. The summed E-state index contributed by atoms with van der Waals surface area (Å²) in [7, 11) is -3.90. The molecule has 2 heterocycles. The fourth-order valence-corrected chi connectivity index (χ4v) is 6.01. The molecule has 45 heavy (non-hydrogen) atoms. The van der Waals surface area contributed by atoms with Crippen LogP contribution in [0.5, 0.6) is 11.5 Å². The van der Waals surface area contributed by atoms with Crippen molar-refractivity contribution in [1.29, 1.82) is 0 Å². The number of pyridine rings is 1. The molecule has 4 rings (SSSR count). The van der Waals surface area contributed by atoms with Crippen LogP contribution in [0.3, 0.4) is 0 Å². The molecule has 4 aromatic rings. The van der Waals surface area contributed by atoms with E-state index in [0.29, 0.717) is 29.4 Å². The maximum atomic E-state index is 12.8. The lowest BCUT2D eigenvalue weighted by Crippen LogP contribution is -2.57. The Balaban J connectivity index is 1.91. The van der Waals surface area contributed by atoms with Gasteiger partial charge in [0.1, 0.15) is 11.3 Å². The van der Waals surface area contributed by atoms with Gasteiger partial charge in [0.25, 0.3) is 5.91 Å². The minimum Gasteiger partial charge on any atom is -0.504 e. The molecule has 2 amide bonds. The smallest absolute Gasteiger partial charge is 0.373 e. The Morgan fingerprint density at radius 1 is 1.18 bits per heavy atom. The van der Waals surface area contributed by atoms with Crippen LogP contribution in [0.15, 0.2) is 48.6 Å². The molecule has 1 atom stereocenters. The number of amides is 2. The van der Waals surface area contributed by atoms with E-state index in [4.69, 9.17) is 20.2 Å². The van der Waals surface area contributed by atoms with Crippen LogP contribution in [-0.4, -0.2) is 54.0 Å². The van der Waals surface area contributed by atoms with Gasteiger partial charge in [-0.25, -0.2) is 14.5 Å². The average Bonchev–Trinajstić information content (AvgIpc) is 3.32. The van der Waals surface area contributed by atoms with Gasteiger partial charge in [-0.3, -0.25) is 14.5 Å². The van der Waals surface area contributed by atoms with Crippen molar-refractivity contribution >= 4 is 47.7 Å². The third-order valence-electron chi connectivity index (χ3n) is 8.72. The Kier molecular flexibility index (Phi) is 9.47. The maximum Gasteiger partial charge on any atom is 0.373 e. The van der Waals surface area contributed by atoms with Crippen molar-refractivity contribution in [2.45, 2.75) is 78.3 Å². The zero-order valence-electron chi connectivity index (χ0n) is 26.9. The van der Waals surface area contributed by atoms with E-state index in [0.717, 1.165) is 41.8 Å². The van der Waals surface area contributed by atoms with Gasteiger partial charge in [-0.05, 0) is 51.0 Å². The topological polar surface area (TPSA) is 161 Å². The Morgan fingerprint density at radius 3 is 2.51 bits per heavy atom. The summed E-state index contributed by atoms with van der Waals surface area (Å²) in [6, 6.07) is 10.6. The zero-order chi connectivity index (χ0) is 33.3. The molecule has 0 saturated heterocycles. The SMILES string of the molecule is C/C=C\C(=O)N(C=O)C(C)(C)C(C)(C)c1ccc2c(c1)nc(N)c1nc(CCCC)n(Cc3cccc(OP(C)(=O)O)c3O)c12. The molecule has 240 valence electrons. The van der Waals surface area contributed by atoms with Crippen molar-refractivity contribution in [3.8, 4) is 11.5 Å². The van der Waals surface area contributed by atoms with E-state index in [1.54, 1.807) is 25.1 Å². The van der Waals surface area contributed by atoms with Crippen LogP contribution >= 0.6 is 7.60 Å². The number of carbonyl (C=O) groups is 2. The summed E-state index contributed by atoms with van der Waals surface area (Å²) in [5.74, 6) is 0.281. The lowest BCUT2D eigenvalue weighted by atomic mass is 9.68. The van der Waals surface area contributed by atoms with Crippen LogP contribution in [0.25, 0.3) is 21.9 Å². The number of nitrogen functional groups attached to an aromatic ring is 1. The number of nitrogens with two attached hydrogens (primary N) is 1. The number of hydrogen-bond acceptors (Lipinski definition) is 8. The normalized spacial score (nSPS) is 13.8. The van der Waals surface area contributed by atoms with E-state index in [2.05, 4.69) is 6.92 Å². The molecule has 0 fully saturated rings. The molecule has 2 aromatic carbocycles. The van der Waals surface area contributed by atoms with E-state index in [1.165, 1.54) is 17.0 Å². The van der Waals surface area contributed by atoms with E-state index >= 15 is 0 Å². The van der Waals surface area contributed by atoms with Gasteiger partial charge in [-0.15, -0.1) is 0 Å². The summed E-state index contributed by atoms with van der Waals surface area (Å²) in [6.07, 6.45) is 6.01. The molecular formula is C33H42N5O6P. The summed E-state index contributed by atoms with van der Waals surface area (Å²) >= 11 is 0. The number of benzene rings is 2. The zero-order valence-corrected chi connectivity index (χ0v) is 27.8. The number of aryl methyl sites for hydroxylation is 1. The first-order valence-electron chi connectivity index (χ1n) is 14.9. The van der Waals surface area contributed by atoms with E-state index in [-0.39, 0.29) is 23.9 Å². The summed E-state index contributed by atoms with van der Waals surface area (Å²) in [6.45, 7) is 12.7. The molecule has 0 spiro atoms. The predicted molar refractivity (Wildman–Crippen MR) is 176 cm³/mol. The Hall–Kier alpha value is -4.21. The highest BCUT2D eigenvalue weighted by Gasteiger charge is 2.45. The molecule has 1 unspecified atom stereocenters.